The van der Waals surface area contributed by atoms with E-state index < -0.39 is 17.7 Å². The van der Waals surface area contributed by atoms with Gasteiger partial charge >= 0.3 is 5.97 Å². The van der Waals surface area contributed by atoms with Gasteiger partial charge in [-0.3, -0.25) is 4.79 Å². The van der Waals surface area contributed by atoms with Gasteiger partial charge in [0.25, 0.3) is 5.91 Å². The Labute approximate surface area is 172 Å². The van der Waals surface area contributed by atoms with Crippen LogP contribution in [-0.4, -0.2) is 19.0 Å². The summed E-state index contributed by atoms with van der Waals surface area (Å²) in [6.07, 6.45) is 0. The van der Waals surface area contributed by atoms with Gasteiger partial charge in [0, 0.05) is 21.8 Å². The second kappa shape index (κ2) is 9.05. The summed E-state index contributed by atoms with van der Waals surface area (Å²) >= 11 is 5.71. The number of esters is 1. The number of benzene rings is 3. The molecule has 6 heteroatoms. The van der Waals surface area contributed by atoms with E-state index in [4.69, 9.17) is 16.3 Å². The molecule has 0 radical (unpaired) electrons. The van der Waals surface area contributed by atoms with E-state index in [0.29, 0.717) is 22.4 Å². The van der Waals surface area contributed by atoms with Crippen LogP contribution >= 0.6 is 11.6 Å². The quantitative estimate of drug-likeness (QED) is 0.495. The molecule has 0 heterocycles. The molecule has 3 aromatic rings. The van der Waals surface area contributed by atoms with E-state index in [1.807, 2.05) is 0 Å². The SMILES string of the molecule is COC(=O)c1cccc(C#Cc2cccc(NC(=O)c3ccc(Cl)cc3F)c2)c1. The standard InChI is InChI=1S/C23H15ClFNO3/c1-29-23(28)17-6-2-4-15(12-17)8-9-16-5-3-7-19(13-16)26-22(27)20-11-10-18(24)14-21(20)25/h2-7,10-14H,1H3,(H,26,27). The van der Waals surface area contributed by atoms with Crippen LogP contribution in [0.4, 0.5) is 10.1 Å². The molecule has 0 atom stereocenters. The smallest absolute Gasteiger partial charge is 0.337 e. The molecule has 4 nitrogen and oxygen atoms in total. The highest BCUT2D eigenvalue weighted by Gasteiger charge is 2.12. The predicted octanol–water partition coefficient (Wildman–Crippen LogP) is 4.92. The van der Waals surface area contributed by atoms with Crippen molar-refractivity contribution in [1.82, 2.24) is 0 Å². The molecular weight excluding hydrogens is 393 g/mol. The fraction of sp³-hybridized carbons (Fsp3) is 0.0435. The average Bonchev–Trinajstić information content (AvgIpc) is 2.72. The van der Waals surface area contributed by atoms with Gasteiger partial charge in [0.15, 0.2) is 0 Å². The Morgan fingerprint density at radius 1 is 0.966 bits per heavy atom. The van der Waals surface area contributed by atoms with Crippen LogP contribution in [0.1, 0.15) is 31.8 Å². The minimum absolute atomic E-state index is 0.106. The van der Waals surface area contributed by atoms with Crippen molar-refractivity contribution in [3.8, 4) is 11.8 Å². The molecule has 3 aromatic carbocycles. The number of anilines is 1. The zero-order valence-electron chi connectivity index (χ0n) is 15.3. The Hall–Kier alpha value is -3.62. The normalized spacial score (nSPS) is 9.90. The maximum atomic E-state index is 13.9. The number of hydrogen-bond acceptors (Lipinski definition) is 3. The van der Waals surface area contributed by atoms with Crippen LogP contribution in [0.15, 0.2) is 66.7 Å². The first kappa shape index (κ1) is 20.1. The van der Waals surface area contributed by atoms with E-state index in [-0.39, 0.29) is 10.6 Å². The van der Waals surface area contributed by atoms with Crippen LogP contribution in [-0.2, 0) is 4.74 Å². The lowest BCUT2D eigenvalue weighted by Crippen LogP contribution is -2.13. The predicted molar refractivity (Wildman–Crippen MR) is 110 cm³/mol. The largest absolute Gasteiger partial charge is 0.465 e. The van der Waals surface area contributed by atoms with E-state index in [2.05, 4.69) is 17.2 Å². The fourth-order valence-electron chi connectivity index (χ4n) is 2.53. The van der Waals surface area contributed by atoms with Crippen LogP contribution in [0.3, 0.4) is 0 Å². The highest BCUT2D eigenvalue weighted by atomic mass is 35.5. The molecule has 29 heavy (non-hydrogen) atoms. The Morgan fingerprint density at radius 2 is 1.66 bits per heavy atom. The number of nitrogens with one attached hydrogen (secondary N) is 1. The minimum Gasteiger partial charge on any atom is -0.465 e. The number of carbonyl (C=O) groups is 2. The van der Waals surface area contributed by atoms with Gasteiger partial charge in [-0.2, -0.15) is 0 Å². The van der Waals surface area contributed by atoms with Crippen molar-refractivity contribution in [3.63, 3.8) is 0 Å². The first-order valence-electron chi connectivity index (χ1n) is 8.53. The summed E-state index contributed by atoms with van der Waals surface area (Å²) in [5.74, 6) is 4.21. The molecule has 0 unspecified atom stereocenters. The summed E-state index contributed by atoms with van der Waals surface area (Å²) in [7, 11) is 1.32. The molecule has 0 bridgehead atoms. The molecular formula is C23H15ClFNO3. The fourth-order valence-corrected chi connectivity index (χ4v) is 2.69. The summed E-state index contributed by atoms with van der Waals surface area (Å²) in [6, 6.07) is 17.5. The van der Waals surface area contributed by atoms with Crippen molar-refractivity contribution < 1.29 is 18.7 Å². The molecule has 0 aliphatic carbocycles. The molecule has 1 amide bonds. The van der Waals surface area contributed by atoms with Gasteiger partial charge in [-0.15, -0.1) is 0 Å². The van der Waals surface area contributed by atoms with Crippen molar-refractivity contribution in [2.24, 2.45) is 0 Å². The first-order chi connectivity index (χ1) is 14.0. The number of rotatable bonds is 3. The summed E-state index contributed by atoms with van der Waals surface area (Å²) in [4.78, 5) is 23.9. The Kier molecular flexibility index (Phi) is 6.28. The van der Waals surface area contributed by atoms with Crippen molar-refractivity contribution in [3.05, 3.63) is 99.8 Å². The molecule has 0 aliphatic heterocycles. The van der Waals surface area contributed by atoms with Crippen LogP contribution in [0.2, 0.25) is 5.02 Å². The third-order valence-corrected chi connectivity index (χ3v) is 4.17. The monoisotopic (exact) mass is 407 g/mol. The van der Waals surface area contributed by atoms with Gasteiger partial charge in [-0.25, -0.2) is 9.18 Å². The van der Waals surface area contributed by atoms with Gasteiger partial charge in [0.1, 0.15) is 5.82 Å². The third kappa shape index (κ3) is 5.22. The number of ether oxygens (including phenoxy) is 1. The van der Waals surface area contributed by atoms with E-state index in [1.165, 1.54) is 19.2 Å². The second-order valence-corrected chi connectivity index (χ2v) is 6.42. The highest BCUT2D eigenvalue weighted by molar-refractivity contribution is 6.30. The number of amides is 1. The zero-order valence-corrected chi connectivity index (χ0v) is 16.1. The molecule has 144 valence electrons. The molecule has 0 fully saturated rings. The molecule has 0 aromatic heterocycles. The van der Waals surface area contributed by atoms with E-state index in [0.717, 1.165) is 6.07 Å². The number of methoxy groups -OCH3 is 1. The zero-order chi connectivity index (χ0) is 20.8. The summed E-state index contributed by atoms with van der Waals surface area (Å²) in [5, 5.41) is 2.85. The van der Waals surface area contributed by atoms with Crippen molar-refractivity contribution in [1.29, 1.82) is 0 Å². The van der Waals surface area contributed by atoms with E-state index in [1.54, 1.807) is 48.5 Å². The first-order valence-corrected chi connectivity index (χ1v) is 8.91. The molecule has 0 saturated carbocycles. The van der Waals surface area contributed by atoms with Crippen LogP contribution in [0.25, 0.3) is 0 Å². The van der Waals surface area contributed by atoms with Crippen molar-refractivity contribution in [2.75, 3.05) is 12.4 Å². The lowest BCUT2D eigenvalue weighted by atomic mass is 10.1. The maximum Gasteiger partial charge on any atom is 0.337 e. The van der Waals surface area contributed by atoms with Crippen LogP contribution in [0.5, 0.6) is 0 Å². The average molecular weight is 408 g/mol. The molecule has 0 aliphatic rings. The molecule has 0 saturated heterocycles. The Morgan fingerprint density at radius 3 is 2.34 bits per heavy atom. The molecule has 1 N–H and O–H groups in total. The van der Waals surface area contributed by atoms with E-state index >= 15 is 0 Å². The Balaban J connectivity index is 1.78. The topological polar surface area (TPSA) is 55.4 Å². The summed E-state index contributed by atoms with van der Waals surface area (Å²) < 4.78 is 18.6. The lowest BCUT2D eigenvalue weighted by molar-refractivity contribution is 0.0600. The van der Waals surface area contributed by atoms with Crippen LogP contribution in [0, 0.1) is 17.7 Å². The van der Waals surface area contributed by atoms with Gasteiger partial charge in [0.2, 0.25) is 0 Å². The molecule has 0 spiro atoms. The number of hydrogen-bond donors (Lipinski definition) is 1. The highest BCUT2D eigenvalue weighted by Crippen LogP contribution is 2.17. The van der Waals surface area contributed by atoms with Gasteiger partial charge in [-0.05, 0) is 54.6 Å². The number of carbonyl (C=O) groups excluding carboxylic acids is 2. The van der Waals surface area contributed by atoms with Crippen LogP contribution < -0.4 is 5.32 Å². The van der Waals surface area contributed by atoms with Gasteiger partial charge in [0.05, 0.1) is 18.2 Å². The van der Waals surface area contributed by atoms with Gasteiger partial charge in [-0.1, -0.05) is 35.6 Å². The van der Waals surface area contributed by atoms with Gasteiger partial charge < -0.3 is 10.1 Å². The lowest BCUT2D eigenvalue weighted by Gasteiger charge is -2.07. The van der Waals surface area contributed by atoms with Crippen molar-refractivity contribution in [2.45, 2.75) is 0 Å². The Bertz CT molecular complexity index is 1150. The third-order valence-electron chi connectivity index (χ3n) is 3.93. The summed E-state index contributed by atoms with van der Waals surface area (Å²) in [5.41, 5.74) is 2.06. The maximum absolute atomic E-state index is 13.9. The minimum atomic E-state index is -0.698. The van der Waals surface area contributed by atoms with E-state index in [9.17, 15) is 14.0 Å². The second-order valence-electron chi connectivity index (χ2n) is 5.98. The van der Waals surface area contributed by atoms with Crippen molar-refractivity contribution >= 4 is 29.2 Å². The molecule has 3 rings (SSSR count). The number of halogens is 2. The summed E-state index contributed by atoms with van der Waals surface area (Å²) in [6.45, 7) is 0.